The second-order valence-electron chi connectivity index (χ2n) is 2.67. The van der Waals surface area contributed by atoms with Crippen LogP contribution in [0.5, 0.6) is 5.75 Å². The summed E-state index contributed by atoms with van der Waals surface area (Å²) in [6.07, 6.45) is 3.63. The Morgan fingerprint density at radius 3 is 2.43 bits per heavy atom. The molecular weight excluding hydrogens is 192 g/mol. The van der Waals surface area contributed by atoms with Crippen molar-refractivity contribution in [2.45, 2.75) is 4.90 Å². The number of rotatable bonds is 6. The van der Waals surface area contributed by atoms with Gasteiger partial charge in [0.25, 0.3) is 0 Å². The Morgan fingerprint density at radius 2 is 1.86 bits per heavy atom. The molecule has 0 unspecified atom stereocenters. The third-order valence-electron chi connectivity index (χ3n) is 1.56. The van der Waals surface area contributed by atoms with Crippen molar-refractivity contribution in [1.29, 1.82) is 0 Å². The minimum absolute atomic E-state index is 0.555. The van der Waals surface area contributed by atoms with Crippen molar-refractivity contribution >= 4 is 11.8 Å². The Bertz CT molecular complexity index is 259. The number of benzene rings is 1. The molecule has 0 amide bonds. The third-order valence-corrected chi connectivity index (χ3v) is 2.57. The summed E-state index contributed by atoms with van der Waals surface area (Å²) in [4.78, 5) is 1.23. The molecule has 0 atom stereocenters. The lowest BCUT2D eigenvalue weighted by Crippen LogP contribution is -1.91. The molecule has 0 fully saturated rings. The minimum atomic E-state index is 0.555. The van der Waals surface area contributed by atoms with Gasteiger partial charge >= 0.3 is 0 Å². The fourth-order valence-electron chi connectivity index (χ4n) is 0.942. The smallest absolute Gasteiger partial charge is 0.119 e. The molecule has 1 aromatic rings. The average molecular weight is 206 g/mol. The molecule has 0 saturated carbocycles. The zero-order valence-corrected chi connectivity index (χ0v) is 8.93. The quantitative estimate of drug-likeness (QED) is 0.520. The van der Waals surface area contributed by atoms with E-state index in [-0.39, 0.29) is 0 Å². The van der Waals surface area contributed by atoms with Crippen LogP contribution >= 0.6 is 11.8 Å². The van der Waals surface area contributed by atoms with Crippen LogP contribution in [-0.4, -0.2) is 12.4 Å². The van der Waals surface area contributed by atoms with Gasteiger partial charge in [0.05, 0.1) is 0 Å². The molecule has 0 aliphatic heterocycles. The third kappa shape index (κ3) is 3.71. The number of ether oxygens (including phenoxy) is 1. The monoisotopic (exact) mass is 206 g/mol. The van der Waals surface area contributed by atoms with Crippen LogP contribution in [0.25, 0.3) is 0 Å². The zero-order chi connectivity index (χ0) is 10.2. The van der Waals surface area contributed by atoms with Crippen LogP contribution in [0, 0.1) is 0 Å². The highest BCUT2D eigenvalue weighted by molar-refractivity contribution is 7.99. The van der Waals surface area contributed by atoms with E-state index in [1.54, 1.807) is 17.8 Å². The fourth-order valence-corrected chi connectivity index (χ4v) is 1.58. The van der Waals surface area contributed by atoms with Crippen LogP contribution in [0.15, 0.2) is 54.5 Å². The van der Waals surface area contributed by atoms with Crippen molar-refractivity contribution in [2.75, 3.05) is 12.4 Å². The molecule has 0 aliphatic rings. The maximum Gasteiger partial charge on any atom is 0.119 e. The van der Waals surface area contributed by atoms with Crippen LogP contribution in [0.4, 0.5) is 0 Å². The molecule has 0 N–H and O–H groups in total. The van der Waals surface area contributed by atoms with Gasteiger partial charge in [-0.2, -0.15) is 0 Å². The van der Waals surface area contributed by atoms with E-state index in [0.29, 0.717) is 6.61 Å². The van der Waals surface area contributed by atoms with E-state index in [2.05, 4.69) is 13.2 Å². The number of hydrogen-bond donors (Lipinski definition) is 0. The van der Waals surface area contributed by atoms with Gasteiger partial charge in [0.1, 0.15) is 12.4 Å². The first-order valence-electron chi connectivity index (χ1n) is 4.44. The van der Waals surface area contributed by atoms with Gasteiger partial charge in [-0.1, -0.05) is 18.7 Å². The van der Waals surface area contributed by atoms with Crippen LogP contribution in [-0.2, 0) is 0 Å². The number of hydrogen-bond acceptors (Lipinski definition) is 2. The predicted molar refractivity (Wildman–Crippen MR) is 63.1 cm³/mol. The first-order chi connectivity index (χ1) is 6.86. The molecule has 1 rings (SSSR count). The first kappa shape index (κ1) is 10.9. The van der Waals surface area contributed by atoms with Crippen molar-refractivity contribution in [1.82, 2.24) is 0 Å². The lowest BCUT2D eigenvalue weighted by Gasteiger charge is -2.03. The maximum atomic E-state index is 5.37. The molecule has 1 nitrogen and oxygen atoms in total. The molecule has 0 radical (unpaired) electrons. The van der Waals surface area contributed by atoms with Crippen molar-refractivity contribution in [3.8, 4) is 5.75 Å². The van der Waals surface area contributed by atoms with Gasteiger partial charge in [-0.3, -0.25) is 0 Å². The molecule has 0 saturated heterocycles. The van der Waals surface area contributed by atoms with E-state index < -0.39 is 0 Å². The lowest BCUT2D eigenvalue weighted by molar-refractivity contribution is 0.363. The molecule has 0 spiro atoms. The summed E-state index contributed by atoms with van der Waals surface area (Å²) < 4.78 is 5.37. The van der Waals surface area contributed by atoms with Gasteiger partial charge in [0.2, 0.25) is 0 Å². The fraction of sp³-hybridized carbons (Fsp3) is 0.167. The highest BCUT2D eigenvalue weighted by Gasteiger charge is 1.93. The van der Waals surface area contributed by atoms with E-state index in [1.807, 2.05) is 30.3 Å². The maximum absolute atomic E-state index is 5.37. The summed E-state index contributed by atoms with van der Waals surface area (Å²) in [7, 11) is 0. The molecule has 0 aromatic heterocycles. The van der Waals surface area contributed by atoms with E-state index in [9.17, 15) is 0 Å². The SMILES string of the molecule is C=CCOc1ccc(SCC=C)cc1. The van der Waals surface area contributed by atoms with Gasteiger partial charge < -0.3 is 4.74 Å². The standard InChI is InChI=1S/C12H14OS/c1-3-9-13-11-5-7-12(8-6-11)14-10-4-2/h3-8H,1-2,9-10H2. The molecular formula is C12H14OS. The Balaban J connectivity index is 2.49. The van der Waals surface area contributed by atoms with Crippen LogP contribution in [0.2, 0.25) is 0 Å². The topological polar surface area (TPSA) is 9.23 Å². The molecule has 0 bridgehead atoms. The average Bonchev–Trinajstić information content (AvgIpc) is 2.25. The normalized spacial score (nSPS) is 9.43. The molecule has 0 aliphatic carbocycles. The Morgan fingerprint density at radius 1 is 1.14 bits per heavy atom. The predicted octanol–water partition coefficient (Wildman–Crippen LogP) is 3.53. The van der Waals surface area contributed by atoms with Crippen LogP contribution in [0.1, 0.15) is 0 Å². The molecule has 1 aromatic carbocycles. The highest BCUT2D eigenvalue weighted by atomic mass is 32.2. The summed E-state index contributed by atoms with van der Waals surface area (Å²) in [5.41, 5.74) is 0. The van der Waals surface area contributed by atoms with Crippen molar-refractivity contribution in [3.05, 3.63) is 49.6 Å². The second-order valence-corrected chi connectivity index (χ2v) is 3.76. The van der Waals surface area contributed by atoms with E-state index in [0.717, 1.165) is 11.5 Å². The van der Waals surface area contributed by atoms with Crippen molar-refractivity contribution in [3.63, 3.8) is 0 Å². The summed E-state index contributed by atoms with van der Waals surface area (Å²) in [6.45, 7) is 7.83. The van der Waals surface area contributed by atoms with Crippen LogP contribution in [0.3, 0.4) is 0 Å². The highest BCUT2D eigenvalue weighted by Crippen LogP contribution is 2.21. The zero-order valence-electron chi connectivity index (χ0n) is 8.11. The molecule has 14 heavy (non-hydrogen) atoms. The van der Waals surface area contributed by atoms with Crippen molar-refractivity contribution < 1.29 is 4.74 Å². The molecule has 2 heteroatoms. The Kier molecular flexibility index (Phi) is 4.94. The Hall–Kier alpha value is -1.15. The van der Waals surface area contributed by atoms with Gasteiger partial charge in [-0.15, -0.1) is 18.3 Å². The van der Waals surface area contributed by atoms with E-state index >= 15 is 0 Å². The van der Waals surface area contributed by atoms with Gasteiger partial charge in [0, 0.05) is 10.6 Å². The van der Waals surface area contributed by atoms with Gasteiger partial charge in [-0.25, -0.2) is 0 Å². The first-order valence-corrected chi connectivity index (χ1v) is 5.43. The summed E-state index contributed by atoms with van der Waals surface area (Å²) in [6, 6.07) is 8.03. The van der Waals surface area contributed by atoms with Gasteiger partial charge in [-0.05, 0) is 24.3 Å². The van der Waals surface area contributed by atoms with Crippen molar-refractivity contribution in [2.24, 2.45) is 0 Å². The summed E-state index contributed by atoms with van der Waals surface area (Å²) in [5.74, 6) is 1.82. The second kappa shape index (κ2) is 6.33. The molecule has 0 heterocycles. The molecule has 74 valence electrons. The van der Waals surface area contributed by atoms with E-state index in [1.165, 1.54) is 4.90 Å². The minimum Gasteiger partial charge on any atom is -0.490 e. The van der Waals surface area contributed by atoms with E-state index in [4.69, 9.17) is 4.74 Å². The lowest BCUT2D eigenvalue weighted by atomic mass is 10.3. The summed E-state index contributed by atoms with van der Waals surface area (Å²) >= 11 is 1.76. The summed E-state index contributed by atoms with van der Waals surface area (Å²) in [5, 5.41) is 0. The van der Waals surface area contributed by atoms with Crippen LogP contribution < -0.4 is 4.74 Å². The van der Waals surface area contributed by atoms with Gasteiger partial charge in [0.15, 0.2) is 0 Å². The Labute approximate surface area is 89.5 Å². The number of thioether (sulfide) groups is 1. The largest absolute Gasteiger partial charge is 0.490 e.